The van der Waals surface area contributed by atoms with Crippen LogP contribution in [-0.4, -0.2) is 48.9 Å². The standard InChI is InChI=1S/C22H22N6O3/c1-22(2,3)16-13-17(28(26-16)21-23-10-6-11-24-21)25-18(29)9-12-27-19(30)14-7-4-5-8-15(14)20(27)31/h4-8,10-11,13H,9,12H2,1-3H3,(H,25,29). The first kappa shape index (κ1) is 20.4. The highest BCUT2D eigenvalue weighted by atomic mass is 16.2. The molecule has 4 rings (SSSR count). The summed E-state index contributed by atoms with van der Waals surface area (Å²) in [4.78, 5) is 47.1. The molecule has 3 aromatic rings. The van der Waals surface area contributed by atoms with Crippen molar-refractivity contribution in [1.29, 1.82) is 0 Å². The molecular formula is C22H22N6O3. The van der Waals surface area contributed by atoms with Crippen LogP contribution in [0, 0.1) is 0 Å². The highest BCUT2D eigenvalue weighted by molar-refractivity contribution is 6.21. The van der Waals surface area contributed by atoms with Gasteiger partial charge in [0.25, 0.3) is 17.8 Å². The molecule has 0 bridgehead atoms. The second kappa shape index (κ2) is 7.75. The number of hydrogen-bond acceptors (Lipinski definition) is 6. The van der Waals surface area contributed by atoms with E-state index in [0.29, 0.717) is 22.9 Å². The fourth-order valence-electron chi connectivity index (χ4n) is 3.25. The maximum absolute atomic E-state index is 12.7. The van der Waals surface area contributed by atoms with Crippen molar-refractivity contribution >= 4 is 23.5 Å². The number of imide groups is 1. The van der Waals surface area contributed by atoms with Crippen LogP contribution < -0.4 is 5.32 Å². The summed E-state index contributed by atoms with van der Waals surface area (Å²) >= 11 is 0. The minimum absolute atomic E-state index is 0.0136. The van der Waals surface area contributed by atoms with Crippen molar-refractivity contribution in [1.82, 2.24) is 24.6 Å². The SMILES string of the molecule is CC(C)(C)c1cc(NC(=O)CCN2C(=O)c3ccccc3C2=O)n(-c2ncccn2)n1. The van der Waals surface area contributed by atoms with Crippen LogP contribution in [0.15, 0.2) is 48.8 Å². The van der Waals surface area contributed by atoms with Gasteiger partial charge in [-0.2, -0.15) is 9.78 Å². The van der Waals surface area contributed by atoms with Crippen molar-refractivity contribution in [2.24, 2.45) is 0 Å². The lowest BCUT2D eigenvalue weighted by Crippen LogP contribution is -2.33. The number of anilines is 1. The normalized spacial score (nSPS) is 13.5. The van der Waals surface area contributed by atoms with E-state index in [1.807, 2.05) is 20.8 Å². The zero-order valence-corrected chi connectivity index (χ0v) is 17.5. The van der Waals surface area contributed by atoms with Gasteiger partial charge in [-0.15, -0.1) is 0 Å². The number of fused-ring (bicyclic) bond motifs is 1. The van der Waals surface area contributed by atoms with Crippen LogP contribution in [0.5, 0.6) is 0 Å². The van der Waals surface area contributed by atoms with Crippen LogP contribution in [0.4, 0.5) is 5.82 Å². The Labute approximate surface area is 179 Å². The lowest BCUT2D eigenvalue weighted by molar-refractivity contribution is -0.116. The van der Waals surface area contributed by atoms with Gasteiger partial charge in [-0.3, -0.25) is 19.3 Å². The van der Waals surface area contributed by atoms with Crippen LogP contribution >= 0.6 is 0 Å². The van der Waals surface area contributed by atoms with Gasteiger partial charge < -0.3 is 5.32 Å². The smallest absolute Gasteiger partial charge is 0.261 e. The zero-order valence-electron chi connectivity index (χ0n) is 17.5. The number of carbonyl (C=O) groups is 3. The van der Waals surface area contributed by atoms with Crippen LogP contribution in [-0.2, 0) is 10.2 Å². The third kappa shape index (κ3) is 3.94. The van der Waals surface area contributed by atoms with E-state index in [-0.39, 0.29) is 36.1 Å². The maximum Gasteiger partial charge on any atom is 0.261 e. The van der Waals surface area contributed by atoms with Gasteiger partial charge in [0.1, 0.15) is 5.82 Å². The molecule has 1 aliphatic rings. The molecule has 1 N–H and O–H groups in total. The molecule has 0 unspecified atom stereocenters. The Bertz CT molecular complexity index is 1130. The number of hydrogen-bond donors (Lipinski definition) is 1. The topological polar surface area (TPSA) is 110 Å². The summed E-state index contributed by atoms with van der Waals surface area (Å²) in [5.74, 6) is -0.372. The molecule has 158 valence electrons. The van der Waals surface area contributed by atoms with Crippen LogP contribution in [0.2, 0.25) is 0 Å². The van der Waals surface area contributed by atoms with Crippen molar-refractivity contribution in [3.05, 3.63) is 65.6 Å². The van der Waals surface area contributed by atoms with Gasteiger partial charge >= 0.3 is 0 Å². The van der Waals surface area contributed by atoms with Crippen LogP contribution in [0.25, 0.3) is 5.95 Å². The van der Waals surface area contributed by atoms with Crippen molar-refractivity contribution < 1.29 is 14.4 Å². The Balaban J connectivity index is 1.50. The third-order valence-corrected chi connectivity index (χ3v) is 4.93. The molecule has 0 atom stereocenters. The van der Waals surface area contributed by atoms with Gasteiger partial charge in [0.15, 0.2) is 0 Å². The van der Waals surface area contributed by atoms with E-state index < -0.39 is 0 Å². The molecule has 1 aliphatic heterocycles. The molecule has 3 amide bonds. The van der Waals surface area contributed by atoms with E-state index in [2.05, 4.69) is 20.4 Å². The van der Waals surface area contributed by atoms with Crippen molar-refractivity contribution in [2.75, 3.05) is 11.9 Å². The lowest BCUT2D eigenvalue weighted by atomic mass is 9.92. The second-order valence-corrected chi connectivity index (χ2v) is 8.23. The molecule has 9 nitrogen and oxygen atoms in total. The molecule has 1 aromatic carbocycles. The quantitative estimate of drug-likeness (QED) is 0.638. The van der Waals surface area contributed by atoms with Crippen LogP contribution in [0.1, 0.15) is 53.6 Å². The molecule has 0 saturated carbocycles. The minimum Gasteiger partial charge on any atom is -0.310 e. The summed E-state index contributed by atoms with van der Waals surface area (Å²) in [6.45, 7) is 6.03. The third-order valence-electron chi connectivity index (χ3n) is 4.93. The summed E-state index contributed by atoms with van der Waals surface area (Å²) < 4.78 is 1.47. The van der Waals surface area contributed by atoms with E-state index in [9.17, 15) is 14.4 Å². The van der Waals surface area contributed by atoms with E-state index >= 15 is 0 Å². The van der Waals surface area contributed by atoms with Gasteiger partial charge in [0.05, 0.1) is 16.8 Å². The van der Waals surface area contributed by atoms with Crippen molar-refractivity contribution in [2.45, 2.75) is 32.6 Å². The molecule has 2 aromatic heterocycles. The molecule has 0 radical (unpaired) electrons. The fraction of sp³-hybridized carbons (Fsp3) is 0.273. The summed E-state index contributed by atoms with van der Waals surface area (Å²) in [7, 11) is 0. The molecular weight excluding hydrogens is 396 g/mol. The lowest BCUT2D eigenvalue weighted by Gasteiger charge is -2.13. The summed E-state index contributed by atoms with van der Waals surface area (Å²) in [5, 5.41) is 7.36. The first-order valence-corrected chi connectivity index (χ1v) is 9.89. The monoisotopic (exact) mass is 418 g/mol. The van der Waals surface area contributed by atoms with Gasteiger partial charge in [-0.1, -0.05) is 32.9 Å². The molecule has 31 heavy (non-hydrogen) atoms. The van der Waals surface area contributed by atoms with Crippen LogP contribution in [0.3, 0.4) is 0 Å². The van der Waals surface area contributed by atoms with Crippen molar-refractivity contribution in [3.8, 4) is 5.95 Å². The molecule has 0 saturated heterocycles. The minimum atomic E-state index is -0.383. The average Bonchev–Trinajstić information content (AvgIpc) is 3.27. The fourth-order valence-corrected chi connectivity index (χ4v) is 3.25. The van der Waals surface area contributed by atoms with Gasteiger partial charge in [0.2, 0.25) is 5.91 Å². The van der Waals surface area contributed by atoms with Crippen molar-refractivity contribution in [3.63, 3.8) is 0 Å². The first-order valence-electron chi connectivity index (χ1n) is 9.89. The number of nitrogens with zero attached hydrogens (tertiary/aromatic N) is 5. The van der Waals surface area contributed by atoms with Gasteiger partial charge in [-0.25, -0.2) is 9.97 Å². The number of amides is 3. The molecule has 9 heteroatoms. The molecule has 0 spiro atoms. The average molecular weight is 418 g/mol. The predicted molar refractivity (Wildman–Crippen MR) is 113 cm³/mol. The second-order valence-electron chi connectivity index (χ2n) is 8.23. The van der Waals surface area contributed by atoms with E-state index in [1.165, 1.54) is 4.68 Å². The Morgan fingerprint density at radius 2 is 1.61 bits per heavy atom. The highest BCUT2D eigenvalue weighted by Gasteiger charge is 2.35. The summed E-state index contributed by atoms with van der Waals surface area (Å²) in [5.41, 5.74) is 1.24. The summed E-state index contributed by atoms with van der Waals surface area (Å²) in [6.07, 6.45) is 3.14. The predicted octanol–water partition coefficient (Wildman–Crippen LogP) is 2.58. The molecule has 0 aliphatic carbocycles. The largest absolute Gasteiger partial charge is 0.310 e. The van der Waals surface area contributed by atoms with E-state index in [1.54, 1.807) is 48.8 Å². The van der Waals surface area contributed by atoms with Gasteiger partial charge in [-0.05, 0) is 18.2 Å². The van der Waals surface area contributed by atoms with E-state index in [4.69, 9.17) is 0 Å². The Kier molecular flexibility index (Phi) is 5.10. The Morgan fingerprint density at radius 3 is 2.19 bits per heavy atom. The number of benzene rings is 1. The van der Waals surface area contributed by atoms with Gasteiger partial charge in [0, 0.05) is 36.8 Å². The Morgan fingerprint density at radius 1 is 1.00 bits per heavy atom. The number of aromatic nitrogens is 4. The molecule has 0 fully saturated rings. The number of rotatable bonds is 5. The highest BCUT2D eigenvalue weighted by Crippen LogP contribution is 2.26. The number of nitrogens with one attached hydrogen (secondary N) is 1. The Hall–Kier alpha value is -3.88. The summed E-state index contributed by atoms with van der Waals surface area (Å²) in [6, 6.07) is 10.1. The van der Waals surface area contributed by atoms with E-state index in [0.717, 1.165) is 10.6 Å². The zero-order chi connectivity index (χ0) is 22.2. The number of carbonyl (C=O) groups excluding carboxylic acids is 3. The first-order chi connectivity index (χ1) is 14.8. The molecule has 3 heterocycles. The maximum atomic E-state index is 12.7.